The maximum Gasteiger partial charge on any atom is 0.262 e. The fraction of sp³-hybridized carbons (Fsp3) is 0.533. The van der Waals surface area contributed by atoms with E-state index in [0.29, 0.717) is 0 Å². The molecule has 0 atom stereocenters. The summed E-state index contributed by atoms with van der Waals surface area (Å²) >= 11 is 0. The number of carbonyl (C=O) groups is 1. The molecule has 0 unspecified atom stereocenters. The van der Waals surface area contributed by atoms with Crippen LogP contribution in [0.25, 0.3) is 0 Å². The topological polar surface area (TPSA) is 53.6 Å². The average molecular weight is 275 g/mol. The van der Waals surface area contributed by atoms with Crippen molar-refractivity contribution < 1.29 is 9.53 Å². The summed E-state index contributed by atoms with van der Waals surface area (Å²) in [7, 11) is 0. The molecule has 1 amide bonds. The van der Waals surface area contributed by atoms with E-state index in [0.717, 1.165) is 57.0 Å². The van der Waals surface area contributed by atoms with E-state index in [1.165, 1.54) is 5.56 Å². The molecule has 5 nitrogen and oxygen atoms in total. The lowest BCUT2D eigenvalue weighted by molar-refractivity contribution is -0.118. The van der Waals surface area contributed by atoms with Crippen molar-refractivity contribution in [2.24, 2.45) is 0 Å². The summed E-state index contributed by atoms with van der Waals surface area (Å²) in [4.78, 5) is 13.8. The second kappa shape index (κ2) is 6.24. The molecule has 1 aromatic rings. The Morgan fingerprint density at radius 3 is 2.95 bits per heavy atom. The van der Waals surface area contributed by atoms with Crippen LogP contribution in [0.5, 0.6) is 5.75 Å². The Kier molecular flexibility index (Phi) is 4.18. The fourth-order valence-electron chi connectivity index (χ4n) is 2.73. The third kappa shape index (κ3) is 3.29. The first-order valence-electron chi connectivity index (χ1n) is 7.30. The minimum Gasteiger partial charge on any atom is -0.482 e. The van der Waals surface area contributed by atoms with Crippen LogP contribution in [0.3, 0.4) is 0 Å². The monoisotopic (exact) mass is 275 g/mol. The van der Waals surface area contributed by atoms with Crippen LogP contribution in [0.4, 0.5) is 5.69 Å². The number of carbonyl (C=O) groups excluding carboxylic acids is 1. The van der Waals surface area contributed by atoms with Crippen molar-refractivity contribution in [3.8, 4) is 5.75 Å². The van der Waals surface area contributed by atoms with Gasteiger partial charge in [-0.2, -0.15) is 0 Å². The lowest BCUT2D eigenvalue weighted by Gasteiger charge is -2.27. The molecule has 0 aromatic heterocycles. The number of piperazine rings is 1. The van der Waals surface area contributed by atoms with E-state index in [1.807, 2.05) is 12.1 Å². The van der Waals surface area contributed by atoms with Crippen LogP contribution in [-0.2, 0) is 11.2 Å². The Hall–Kier alpha value is -1.59. The molecule has 1 saturated heterocycles. The van der Waals surface area contributed by atoms with Gasteiger partial charge in [0.1, 0.15) is 5.75 Å². The number of hydrogen-bond acceptors (Lipinski definition) is 4. The third-order valence-electron chi connectivity index (χ3n) is 3.83. The molecule has 2 aliphatic rings. The van der Waals surface area contributed by atoms with E-state index in [-0.39, 0.29) is 12.5 Å². The number of aryl methyl sites for hydroxylation is 1. The van der Waals surface area contributed by atoms with E-state index in [9.17, 15) is 4.79 Å². The number of ether oxygens (including phenoxy) is 1. The molecular weight excluding hydrogens is 254 g/mol. The SMILES string of the molecule is O=C1COc2ccc(CCCN3CCNCC3)cc2N1. The highest BCUT2D eigenvalue weighted by Crippen LogP contribution is 2.28. The van der Waals surface area contributed by atoms with Crippen LogP contribution in [0.1, 0.15) is 12.0 Å². The van der Waals surface area contributed by atoms with Gasteiger partial charge in [-0.1, -0.05) is 6.07 Å². The molecule has 20 heavy (non-hydrogen) atoms. The smallest absolute Gasteiger partial charge is 0.262 e. The summed E-state index contributed by atoms with van der Waals surface area (Å²) in [6.45, 7) is 5.75. The summed E-state index contributed by atoms with van der Waals surface area (Å²) < 4.78 is 5.36. The summed E-state index contributed by atoms with van der Waals surface area (Å²) in [6.07, 6.45) is 2.18. The normalized spacial score (nSPS) is 19.1. The van der Waals surface area contributed by atoms with Crippen LogP contribution in [0.2, 0.25) is 0 Å². The van der Waals surface area contributed by atoms with Gasteiger partial charge in [0.2, 0.25) is 0 Å². The van der Waals surface area contributed by atoms with E-state index in [4.69, 9.17) is 4.74 Å². The third-order valence-corrected chi connectivity index (χ3v) is 3.83. The van der Waals surface area contributed by atoms with Crippen molar-refractivity contribution in [3.05, 3.63) is 23.8 Å². The Balaban J connectivity index is 1.52. The molecule has 0 bridgehead atoms. The van der Waals surface area contributed by atoms with Gasteiger partial charge in [-0.3, -0.25) is 4.79 Å². The second-order valence-electron chi connectivity index (χ2n) is 5.36. The van der Waals surface area contributed by atoms with Gasteiger partial charge in [0.25, 0.3) is 5.91 Å². The van der Waals surface area contributed by atoms with Gasteiger partial charge in [0.15, 0.2) is 6.61 Å². The van der Waals surface area contributed by atoms with Crippen molar-refractivity contribution >= 4 is 11.6 Å². The number of nitrogens with one attached hydrogen (secondary N) is 2. The first kappa shape index (κ1) is 13.4. The Bertz CT molecular complexity index is 484. The molecule has 0 radical (unpaired) electrons. The first-order valence-corrected chi connectivity index (χ1v) is 7.30. The lowest BCUT2D eigenvalue weighted by atomic mass is 10.1. The summed E-state index contributed by atoms with van der Waals surface area (Å²) in [6, 6.07) is 6.08. The molecule has 5 heteroatoms. The molecule has 2 N–H and O–H groups in total. The molecule has 2 heterocycles. The molecule has 1 aromatic carbocycles. The molecule has 1 fully saturated rings. The number of amides is 1. The van der Waals surface area contributed by atoms with Crippen LogP contribution in [-0.4, -0.2) is 50.1 Å². The van der Waals surface area contributed by atoms with E-state index >= 15 is 0 Å². The zero-order valence-corrected chi connectivity index (χ0v) is 11.7. The van der Waals surface area contributed by atoms with Crippen molar-refractivity contribution in [1.29, 1.82) is 0 Å². The van der Waals surface area contributed by atoms with Crippen LogP contribution >= 0.6 is 0 Å². The highest BCUT2D eigenvalue weighted by molar-refractivity contribution is 5.95. The van der Waals surface area contributed by atoms with Gasteiger partial charge in [-0.15, -0.1) is 0 Å². The number of anilines is 1. The number of fused-ring (bicyclic) bond motifs is 1. The van der Waals surface area contributed by atoms with Crippen molar-refractivity contribution in [1.82, 2.24) is 10.2 Å². The molecule has 0 spiro atoms. The zero-order chi connectivity index (χ0) is 13.8. The maximum atomic E-state index is 11.3. The molecule has 0 saturated carbocycles. The second-order valence-corrected chi connectivity index (χ2v) is 5.36. The van der Waals surface area contributed by atoms with Crippen LogP contribution in [0, 0.1) is 0 Å². The number of rotatable bonds is 4. The van der Waals surface area contributed by atoms with Crippen molar-refractivity contribution in [2.75, 3.05) is 44.6 Å². The van der Waals surface area contributed by atoms with Gasteiger partial charge in [0, 0.05) is 26.2 Å². The fourth-order valence-corrected chi connectivity index (χ4v) is 2.73. The van der Waals surface area contributed by atoms with Gasteiger partial charge < -0.3 is 20.3 Å². The molecular formula is C15H21N3O2. The minimum atomic E-state index is -0.0736. The molecule has 2 aliphatic heterocycles. The van der Waals surface area contributed by atoms with E-state index < -0.39 is 0 Å². The van der Waals surface area contributed by atoms with E-state index in [1.54, 1.807) is 0 Å². The van der Waals surface area contributed by atoms with E-state index in [2.05, 4.69) is 21.6 Å². The number of nitrogens with zero attached hydrogens (tertiary/aromatic N) is 1. The van der Waals surface area contributed by atoms with Crippen LogP contribution < -0.4 is 15.4 Å². The Morgan fingerprint density at radius 2 is 2.10 bits per heavy atom. The van der Waals surface area contributed by atoms with Crippen molar-refractivity contribution in [2.45, 2.75) is 12.8 Å². The zero-order valence-electron chi connectivity index (χ0n) is 11.7. The number of hydrogen-bond donors (Lipinski definition) is 2. The van der Waals surface area contributed by atoms with Gasteiger partial charge in [0.05, 0.1) is 5.69 Å². The highest BCUT2D eigenvalue weighted by atomic mass is 16.5. The average Bonchev–Trinajstić information content (AvgIpc) is 2.48. The molecule has 3 rings (SSSR count). The van der Waals surface area contributed by atoms with Gasteiger partial charge in [-0.25, -0.2) is 0 Å². The summed E-state index contributed by atoms with van der Waals surface area (Å²) in [5.74, 6) is 0.700. The predicted octanol–water partition coefficient (Wildman–Crippen LogP) is 0.855. The highest BCUT2D eigenvalue weighted by Gasteiger charge is 2.16. The Labute approximate surface area is 119 Å². The summed E-state index contributed by atoms with van der Waals surface area (Å²) in [5.41, 5.74) is 2.06. The standard InChI is InChI=1S/C15H21N3O2/c19-15-11-20-14-4-3-12(10-13(14)17-15)2-1-7-18-8-5-16-6-9-18/h3-4,10,16H,1-2,5-9,11H2,(H,17,19). The van der Waals surface area contributed by atoms with Crippen LogP contribution in [0.15, 0.2) is 18.2 Å². The largest absolute Gasteiger partial charge is 0.482 e. The quantitative estimate of drug-likeness (QED) is 0.855. The maximum absolute atomic E-state index is 11.3. The molecule has 108 valence electrons. The van der Waals surface area contributed by atoms with Gasteiger partial charge >= 0.3 is 0 Å². The first-order chi connectivity index (χ1) is 9.81. The lowest BCUT2D eigenvalue weighted by Crippen LogP contribution is -2.43. The Morgan fingerprint density at radius 1 is 1.25 bits per heavy atom. The van der Waals surface area contributed by atoms with Crippen molar-refractivity contribution in [3.63, 3.8) is 0 Å². The number of benzene rings is 1. The minimum absolute atomic E-state index is 0.0736. The predicted molar refractivity (Wildman–Crippen MR) is 78.2 cm³/mol. The van der Waals surface area contributed by atoms with Gasteiger partial charge in [-0.05, 0) is 37.1 Å². The molecule has 0 aliphatic carbocycles. The summed E-state index contributed by atoms with van der Waals surface area (Å²) in [5, 5.41) is 6.22.